The van der Waals surface area contributed by atoms with Gasteiger partial charge in [-0.15, -0.1) is 0 Å². The fraction of sp³-hybridized carbons (Fsp3) is 0.133. The van der Waals surface area contributed by atoms with Gasteiger partial charge in [-0.2, -0.15) is 0 Å². The molecule has 0 aliphatic carbocycles. The molecule has 0 unspecified atom stereocenters. The van der Waals surface area contributed by atoms with Crippen molar-refractivity contribution in [3.8, 4) is 0 Å². The van der Waals surface area contributed by atoms with Crippen molar-refractivity contribution in [2.24, 2.45) is 5.84 Å². The molecule has 0 saturated heterocycles. The summed E-state index contributed by atoms with van der Waals surface area (Å²) < 4.78 is 0. The third-order valence-electron chi connectivity index (χ3n) is 3.17. The van der Waals surface area contributed by atoms with Gasteiger partial charge in [-0.1, -0.05) is 12.1 Å². The number of carbonyl (C=O) groups excluding carboxylic acids is 1. The largest absolute Gasteiger partial charge is 0.324 e. The molecule has 0 aliphatic heterocycles. The van der Waals surface area contributed by atoms with Gasteiger partial charge in [0.05, 0.1) is 0 Å². The second-order valence-electron chi connectivity index (χ2n) is 4.42. The van der Waals surface area contributed by atoms with Crippen LogP contribution in [0.2, 0.25) is 0 Å². The quantitative estimate of drug-likeness (QED) is 0.583. The normalized spacial score (nSPS) is 10.1. The third kappa shape index (κ3) is 2.92. The molecule has 4 heteroatoms. The van der Waals surface area contributed by atoms with Crippen molar-refractivity contribution in [2.45, 2.75) is 13.8 Å². The van der Waals surface area contributed by atoms with Gasteiger partial charge in [0, 0.05) is 16.9 Å². The fourth-order valence-corrected chi connectivity index (χ4v) is 1.80. The van der Waals surface area contributed by atoms with Crippen molar-refractivity contribution in [3.05, 3.63) is 59.2 Å². The predicted molar refractivity (Wildman–Crippen MR) is 78.1 cm³/mol. The van der Waals surface area contributed by atoms with Gasteiger partial charge < -0.3 is 10.7 Å². The molecule has 2 aromatic carbocycles. The summed E-state index contributed by atoms with van der Waals surface area (Å²) >= 11 is 0. The highest BCUT2D eigenvalue weighted by Crippen LogP contribution is 2.19. The molecule has 0 spiro atoms. The summed E-state index contributed by atoms with van der Waals surface area (Å²) in [6.07, 6.45) is 0. The molecule has 0 aromatic heterocycles. The average Bonchev–Trinajstić information content (AvgIpc) is 2.44. The summed E-state index contributed by atoms with van der Waals surface area (Å²) in [4.78, 5) is 12.1. The van der Waals surface area contributed by atoms with E-state index in [4.69, 9.17) is 5.84 Å². The van der Waals surface area contributed by atoms with Crippen LogP contribution in [0.4, 0.5) is 11.4 Å². The highest BCUT2D eigenvalue weighted by Gasteiger charge is 2.08. The molecule has 2 aromatic rings. The molecule has 19 heavy (non-hydrogen) atoms. The van der Waals surface area contributed by atoms with Crippen LogP contribution in [0.15, 0.2) is 42.5 Å². The van der Waals surface area contributed by atoms with Gasteiger partial charge in [0.25, 0.3) is 5.91 Å². The van der Waals surface area contributed by atoms with Crippen molar-refractivity contribution in [1.82, 2.24) is 0 Å². The Labute approximate surface area is 112 Å². The summed E-state index contributed by atoms with van der Waals surface area (Å²) in [5.74, 6) is 5.16. The van der Waals surface area contributed by atoms with Crippen molar-refractivity contribution in [1.29, 1.82) is 0 Å². The van der Waals surface area contributed by atoms with Crippen LogP contribution in [0.25, 0.3) is 0 Å². The molecule has 4 nitrogen and oxygen atoms in total. The zero-order chi connectivity index (χ0) is 13.8. The summed E-state index contributed by atoms with van der Waals surface area (Å²) in [6, 6.07) is 12.8. The third-order valence-corrected chi connectivity index (χ3v) is 3.17. The van der Waals surface area contributed by atoms with Gasteiger partial charge in [0.15, 0.2) is 0 Å². The van der Waals surface area contributed by atoms with Crippen molar-refractivity contribution >= 4 is 17.3 Å². The van der Waals surface area contributed by atoms with Gasteiger partial charge >= 0.3 is 0 Å². The summed E-state index contributed by atoms with van der Waals surface area (Å²) in [6.45, 7) is 4.01. The van der Waals surface area contributed by atoms with Crippen LogP contribution in [0.3, 0.4) is 0 Å². The van der Waals surface area contributed by atoms with Crippen LogP contribution in [-0.2, 0) is 0 Å². The van der Waals surface area contributed by atoms with E-state index in [0.29, 0.717) is 5.56 Å². The van der Waals surface area contributed by atoms with Crippen LogP contribution in [0, 0.1) is 13.8 Å². The fourth-order valence-electron chi connectivity index (χ4n) is 1.80. The first-order chi connectivity index (χ1) is 9.11. The molecule has 1 amide bonds. The maximum absolute atomic E-state index is 12.1. The minimum absolute atomic E-state index is 0.128. The Morgan fingerprint density at radius 2 is 1.74 bits per heavy atom. The molecular weight excluding hydrogens is 238 g/mol. The minimum Gasteiger partial charge on any atom is -0.324 e. The Morgan fingerprint density at radius 1 is 1.05 bits per heavy atom. The lowest BCUT2D eigenvalue weighted by atomic mass is 10.1. The first-order valence-electron chi connectivity index (χ1n) is 6.06. The van der Waals surface area contributed by atoms with Crippen LogP contribution in [-0.4, -0.2) is 5.91 Å². The van der Waals surface area contributed by atoms with E-state index in [2.05, 4.69) is 10.7 Å². The van der Waals surface area contributed by atoms with E-state index in [9.17, 15) is 4.79 Å². The molecular formula is C15H17N3O. The number of hydrazine groups is 1. The number of anilines is 2. The Kier molecular flexibility index (Phi) is 3.82. The molecule has 0 bridgehead atoms. The van der Waals surface area contributed by atoms with E-state index in [1.165, 1.54) is 0 Å². The molecule has 4 N–H and O–H groups in total. The number of aryl methyl sites for hydroxylation is 1. The number of amides is 1. The standard InChI is InChI=1S/C15H17N3O/c1-10-4-3-5-14(11(10)2)17-15(19)12-6-8-13(18-16)9-7-12/h3-9,18H,16H2,1-2H3,(H,17,19). The number of hydrogen-bond acceptors (Lipinski definition) is 3. The first-order valence-corrected chi connectivity index (χ1v) is 6.06. The van der Waals surface area contributed by atoms with E-state index < -0.39 is 0 Å². The lowest BCUT2D eigenvalue weighted by Crippen LogP contribution is -2.13. The topological polar surface area (TPSA) is 67.2 Å². The smallest absolute Gasteiger partial charge is 0.255 e. The monoisotopic (exact) mass is 255 g/mol. The number of hydrogen-bond donors (Lipinski definition) is 3. The van der Waals surface area contributed by atoms with Gasteiger partial charge in [-0.3, -0.25) is 10.6 Å². The summed E-state index contributed by atoms with van der Waals surface area (Å²) in [7, 11) is 0. The van der Waals surface area contributed by atoms with E-state index in [-0.39, 0.29) is 5.91 Å². The Morgan fingerprint density at radius 3 is 2.37 bits per heavy atom. The SMILES string of the molecule is Cc1cccc(NC(=O)c2ccc(NN)cc2)c1C. The zero-order valence-electron chi connectivity index (χ0n) is 11.0. The predicted octanol–water partition coefficient (Wildman–Crippen LogP) is 2.84. The van der Waals surface area contributed by atoms with E-state index in [0.717, 1.165) is 22.5 Å². The first kappa shape index (κ1) is 13.1. The minimum atomic E-state index is -0.128. The lowest BCUT2D eigenvalue weighted by molar-refractivity contribution is 0.102. The maximum atomic E-state index is 12.1. The van der Waals surface area contributed by atoms with Gasteiger partial charge in [0.2, 0.25) is 0 Å². The van der Waals surface area contributed by atoms with Gasteiger partial charge in [-0.25, -0.2) is 0 Å². The maximum Gasteiger partial charge on any atom is 0.255 e. The highest BCUT2D eigenvalue weighted by atomic mass is 16.1. The second kappa shape index (κ2) is 5.54. The second-order valence-corrected chi connectivity index (χ2v) is 4.42. The molecule has 0 heterocycles. The number of nitrogens with one attached hydrogen (secondary N) is 2. The number of benzene rings is 2. The summed E-state index contributed by atoms with van der Waals surface area (Å²) in [5, 5.41) is 2.91. The highest BCUT2D eigenvalue weighted by molar-refractivity contribution is 6.04. The molecule has 0 fully saturated rings. The van der Waals surface area contributed by atoms with E-state index in [1.807, 2.05) is 32.0 Å². The lowest BCUT2D eigenvalue weighted by Gasteiger charge is -2.10. The number of carbonyl (C=O) groups is 1. The average molecular weight is 255 g/mol. The van der Waals surface area contributed by atoms with Gasteiger partial charge in [0.1, 0.15) is 0 Å². The van der Waals surface area contributed by atoms with E-state index in [1.54, 1.807) is 24.3 Å². The number of nitrogen functional groups attached to an aromatic ring is 1. The molecule has 0 saturated carbocycles. The Bertz CT molecular complexity index is 591. The summed E-state index contributed by atoms with van der Waals surface area (Å²) in [5.41, 5.74) is 6.96. The van der Waals surface area contributed by atoms with Crippen LogP contribution in [0.1, 0.15) is 21.5 Å². The molecule has 0 radical (unpaired) electrons. The van der Waals surface area contributed by atoms with Crippen molar-refractivity contribution in [3.63, 3.8) is 0 Å². The van der Waals surface area contributed by atoms with Crippen LogP contribution in [0.5, 0.6) is 0 Å². The Hall–Kier alpha value is -2.33. The molecule has 0 atom stereocenters. The van der Waals surface area contributed by atoms with E-state index >= 15 is 0 Å². The van der Waals surface area contributed by atoms with Crippen LogP contribution < -0.4 is 16.6 Å². The van der Waals surface area contributed by atoms with Gasteiger partial charge in [-0.05, 0) is 55.3 Å². The van der Waals surface area contributed by atoms with Crippen LogP contribution >= 0.6 is 0 Å². The Balaban J connectivity index is 2.18. The molecule has 0 aliphatic rings. The number of rotatable bonds is 3. The zero-order valence-corrected chi connectivity index (χ0v) is 11.0. The molecule has 2 rings (SSSR count). The van der Waals surface area contributed by atoms with Crippen molar-refractivity contribution < 1.29 is 4.79 Å². The van der Waals surface area contributed by atoms with Crippen molar-refractivity contribution in [2.75, 3.05) is 10.7 Å². The number of nitrogens with two attached hydrogens (primary N) is 1. The molecule has 98 valence electrons.